The molecule has 4 heteroatoms. The summed E-state index contributed by atoms with van der Waals surface area (Å²) in [6.45, 7) is 1.02. The second kappa shape index (κ2) is 4.19. The fourth-order valence-electron chi connectivity index (χ4n) is 3.36. The molecule has 0 spiro atoms. The second-order valence-electron chi connectivity index (χ2n) is 5.22. The van der Waals surface area contributed by atoms with E-state index in [4.69, 9.17) is 10.5 Å². The summed E-state index contributed by atoms with van der Waals surface area (Å²) in [5.74, 6) is 0.458. The second-order valence-corrected chi connectivity index (χ2v) is 5.22. The van der Waals surface area contributed by atoms with E-state index in [1.54, 1.807) is 12.1 Å². The monoisotopic (exact) mass is 246 g/mol. The molecule has 1 aromatic rings. The normalized spacial score (nSPS) is 25.5. The van der Waals surface area contributed by atoms with Gasteiger partial charge in [0.2, 0.25) is 0 Å². The Balaban J connectivity index is 2.02. The molecule has 1 saturated heterocycles. The zero-order valence-electron chi connectivity index (χ0n) is 10.6. The molecular weight excluding hydrogens is 228 g/mol. The number of esters is 1. The Morgan fingerprint density at radius 1 is 1.44 bits per heavy atom. The summed E-state index contributed by atoms with van der Waals surface area (Å²) < 4.78 is 4.85. The van der Waals surface area contributed by atoms with Gasteiger partial charge in [-0.05, 0) is 37.3 Å². The van der Waals surface area contributed by atoms with Crippen LogP contribution in [0.1, 0.15) is 29.6 Å². The van der Waals surface area contributed by atoms with Gasteiger partial charge in [-0.3, -0.25) is 0 Å². The van der Waals surface area contributed by atoms with Crippen LogP contribution in [0.15, 0.2) is 18.2 Å². The molecule has 2 N–H and O–H groups in total. The quantitative estimate of drug-likeness (QED) is 0.641. The van der Waals surface area contributed by atoms with E-state index in [2.05, 4.69) is 4.90 Å². The number of nitrogen functional groups attached to an aromatic ring is 1. The molecular formula is C14H18N2O2. The molecule has 2 bridgehead atoms. The van der Waals surface area contributed by atoms with Crippen molar-refractivity contribution in [2.75, 3.05) is 24.3 Å². The van der Waals surface area contributed by atoms with E-state index < -0.39 is 0 Å². The largest absolute Gasteiger partial charge is 0.465 e. The van der Waals surface area contributed by atoms with Crippen LogP contribution in [-0.4, -0.2) is 25.7 Å². The summed E-state index contributed by atoms with van der Waals surface area (Å²) in [7, 11) is 1.41. The van der Waals surface area contributed by atoms with Crippen LogP contribution in [0.2, 0.25) is 0 Å². The van der Waals surface area contributed by atoms with E-state index in [1.165, 1.54) is 26.4 Å². The molecule has 3 rings (SSSR count). The van der Waals surface area contributed by atoms with Crippen molar-refractivity contribution in [1.29, 1.82) is 0 Å². The number of nitrogens with two attached hydrogens (primary N) is 1. The van der Waals surface area contributed by atoms with Crippen molar-refractivity contribution in [2.24, 2.45) is 5.92 Å². The zero-order chi connectivity index (χ0) is 12.7. The number of hydrogen-bond donors (Lipinski definition) is 1. The van der Waals surface area contributed by atoms with Gasteiger partial charge in [0.15, 0.2) is 0 Å². The Morgan fingerprint density at radius 2 is 2.28 bits per heavy atom. The maximum absolute atomic E-state index is 11.8. The molecule has 1 saturated carbocycles. The maximum atomic E-state index is 11.8. The molecule has 2 aliphatic rings. The number of piperidine rings is 1. The van der Waals surface area contributed by atoms with Crippen LogP contribution in [0, 0.1) is 5.92 Å². The highest BCUT2D eigenvalue weighted by Crippen LogP contribution is 2.43. The number of anilines is 2. The van der Waals surface area contributed by atoms with Crippen LogP contribution in [0.3, 0.4) is 0 Å². The Morgan fingerprint density at radius 3 is 2.89 bits per heavy atom. The Labute approximate surface area is 107 Å². The lowest BCUT2D eigenvalue weighted by atomic mass is 10.1. The van der Waals surface area contributed by atoms with Crippen molar-refractivity contribution >= 4 is 17.3 Å². The summed E-state index contributed by atoms with van der Waals surface area (Å²) in [5, 5.41) is 0. The van der Waals surface area contributed by atoms with E-state index in [1.807, 2.05) is 6.07 Å². The lowest BCUT2D eigenvalue weighted by Gasteiger charge is -2.31. The van der Waals surface area contributed by atoms with Crippen molar-refractivity contribution < 1.29 is 9.53 Å². The van der Waals surface area contributed by atoms with Crippen LogP contribution in [0.4, 0.5) is 11.4 Å². The minimum atomic E-state index is -0.305. The molecule has 0 aromatic heterocycles. The van der Waals surface area contributed by atoms with Crippen LogP contribution in [0.25, 0.3) is 0 Å². The van der Waals surface area contributed by atoms with Crippen LogP contribution < -0.4 is 10.6 Å². The first kappa shape index (κ1) is 11.4. The van der Waals surface area contributed by atoms with E-state index >= 15 is 0 Å². The van der Waals surface area contributed by atoms with Gasteiger partial charge in [-0.25, -0.2) is 4.79 Å². The third-order valence-electron chi connectivity index (χ3n) is 4.17. The first-order chi connectivity index (χ1) is 8.70. The van der Waals surface area contributed by atoms with Crippen molar-refractivity contribution in [3.63, 3.8) is 0 Å². The summed E-state index contributed by atoms with van der Waals surface area (Å²) >= 11 is 0. The molecule has 2 unspecified atom stereocenters. The number of ether oxygens (including phenoxy) is 1. The first-order valence-electron chi connectivity index (χ1n) is 6.44. The van der Waals surface area contributed by atoms with Crippen LogP contribution in [-0.2, 0) is 4.74 Å². The molecule has 2 atom stereocenters. The number of carbonyl (C=O) groups excluding carboxylic acids is 1. The van der Waals surface area contributed by atoms with Crippen LogP contribution in [0.5, 0.6) is 0 Å². The van der Waals surface area contributed by atoms with Crippen molar-refractivity contribution in [1.82, 2.24) is 0 Å². The number of benzene rings is 1. The SMILES string of the molecule is COC(=O)c1cccc(N)c1N1CC2CCC1C2. The predicted octanol–water partition coefficient (Wildman–Crippen LogP) is 2.04. The Bertz CT molecular complexity index is 487. The molecule has 96 valence electrons. The van der Waals surface area contributed by atoms with E-state index in [0.29, 0.717) is 17.3 Å². The van der Waals surface area contributed by atoms with Gasteiger partial charge >= 0.3 is 5.97 Å². The van der Waals surface area contributed by atoms with Gasteiger partial charge in [0.25, 0.3) is 0 Å². The van der Waals surface area contributed by atoms with Gasteiger partial charge in [0.1, 0.15) is 0 Å². The minimum absolute atomic E-state index is 0.305. The van der Waals surface area contributed by atoms with Gasteiger partial charge in [0, 0.05) is 12.6 Å². The van der Waals surface area contributed by atoms with Gasteiger partial charge < -0.3 is 15.4 Å². The summed E-state index contributed by atoms with van der Waals surface area (Å²) in [6.07, 6.45) is 3.75. The van der Waals surface area contributed by atoms with E-state index in [0.717, 1.165) is 18.2 Å². The van der Waals surface area contributed by atoms with Crippen molar-refractivity contribution in [3.05, 3.63) is 23.8 Å². The summed E-state index contributed by atoms with van der Waals surface area (Å²) in [6, 6.07) is 6.00. The fraction of sp³-hybridized carbons (Fsp3) is 0.500. The standard InChI is InChI=1S/C14H18N2O2/c1-18-14(17)11-3-2-4-12(15)13(11)16-8-9-5-6-10(16)7-9/h2-4,9-10H,5-8,15H2,1H3. The van der Waals surface area contributed by atoms with Gasteiger partial charge in [0.05, 0.1) is 24.0 Å². The lowest BCUT2D eigenvalue weighted by molar-refractivity contribution is 0.0601. The highest BCUT2D eigenvalue weighted by atomic mass is 16.5. The summed E-state index contributed by atoms with van der Waals surface area (Å²) in [4.78, 5) is 14.1. The number of nitrogens with zero attached hydrogens (tertiary/aromatic N) is 1. The topological polar surface area (TPSA) is 55.6 Å². The van der Waals surface area contributed by atoms with E-state index in [9.17, 15) is 4.79 Å². The molecule has 0 amide bonds. The number of fused-ring (bicyclic) bond motifs is 2. The molecule has 1 aliphatic heterocycles. The number of hydrogen-bond acceptors (Lipinski definition) is 4. The number of carbonyl (C=O) groups is 1. The zero-order valence-corrected chi connectivity index (χ0v) is 10.6. The molecule has 1 heterocycles. The smallest absolute Gasteiger partial charge is 0.340 e. The van der Waals surface area contributed by atoms with Crippen molar-refractivity contribution in [3.8, 4) is 0 Å². The molecule has 1 aromatic carbocycles. The van der Waals surface area contributed by atoms with Crippen molar-refractivity contribution in [2.45, 2.75) is 25.3 Å². The highest BCUT2D eigenvalue weighted by Gasteiger charge is 2.39. The number of rotatable bonds is 2. The highest BCUT2D eigenvalue weighted by molar-refractivity contribution is 5.99. The molecule has 1 aliphatic carbocycles. The van der Waals surface area contributed by atoms with Gasteiger partial charge in [-0.1, -0.05) is 6.07 Å². The molecule has 18 heavy (non-hydrogen) atoms. The predicted molar refractivity (Wildman–Crippen MR) is 70.7 cm³/mol. The van der Waals surface area contributed by atoms with E-state index in [-0.39, 0.29) is 5.97 Å². The third-order valence-corrected chi connectivity index (χ3v) is 4.17. The average Bonchev–Trinajstić information content (AvgIpc) is 2.99. The number of para-hydroxylation sites is 1. The summed E-state index contributed by atoms with van der Waals surface area (Å²) in [5.41, 5.74) is 8.21. The fourth-order valence-corrected chi connectivity index (χ4v) is 3.36. The van der Waals surface area contributed by atoms with Gasteiger partial charge in [-0.15, -0.1) is 0 Å². The lowest BCUT2D eigenvalue weighted by Crippen LogP contribution is -2.33. The third kappa shape index (κ3) is 1.64. The molecule has 0 radical (unpaired) electrons. The average molecular weight is 246 g/mol. The first-order valence-corrected chi connectivity index (χ1v) is 6.44. The Kier molecular flexibility index (Phi) is 2.65. The van der Waals surface area contributed by atoms with Gasteiger partial charge in [-0.2, -0.15) is 0 Å². The minimum Gasteiger partial charge on any atom is -0.465 e. The van der Waals surface area contributed by atoms with Crippen LogP contribution >= 0.6 is 0 Å². The Hall–Kier alpha value is -1.71. The molecule has 4 nitrogen and oxygen atoms in total. The number of methoxy groups -OCH3 is 1. The maximum Gasteiger partial charge on any atom is 0.340 e. The molecule has 2 fully saturated rings.